The molecule has 0 aromatic carbocycles. The predicted molar refractivity (Wildman–Crippen MR) is 99.9 cm³/mol. The second kappa shape index (κ2) is 7.12. The lowest BCUT2D eigenvalue weighted by molar-refractivity contribution is 0.0661. The molecule has 1 aliphatic rings. The third kappa shape index (κ3) is 3.40. The van der Waals surface area contributed by atoms with Gasteiger partial charge in [0.25, 0.3) is 5.91 Å². The Balaban J connectivity index is 1.94. The van der Waals surface area contributed by atoms with Crippen LogP contribution in [0.15, 0.2) is 12.3 Å². The summed E-state index contributed by atoms with van der Waals surface area (Å²) in [6, 6.07) is 2.47. The number of carbonyl (C=O) groups is 1. The number of rotatable bonds is 4. The van der Waals surface area contributed by atoms with E-state index in [1.54, 1.807) is 6.20 Å². The topological polar surface area (TPSA) is 54.3 Å². The highest BCUT2D eigenvalue weighted by molar-refractivity contribution is 6.05. The van der Waals surface area contributed by atoms with Crippen LogP contribution in [0.3, 0.4) is 0 Å². The third-order valence-corrected chi connectivity index (χ3v) is 5.49. The first-order chi connectivity index (χ1) is 11.9. The van der Waals surface area contributed by atoms with E-state index in [2.05, 4.69) is 35.9 Å². The summed E-state index contributed by atoms with van der Waals surface area (Å²) in [7, 11) is 4.07. The fourth-order valence-corrected chi connectivity index (χ4v) is 3.55. The molecule has 1 saturated heterocycles. The molecule has 0 N–H and O–H groups in total. The van der Waals surface area contributed by atoms with Gasteiger partial charge in [0.2, 0.25) is 0 Å². The number of carbonyl (C=O) groups excluding carboxylic acids is 1. The molecule has 0 bridgehead atoms. The van der Waals surface area contributed by atoms with E-state index in [0.29, 0.717) is 6.04 Å². The van der Waals surface area contributed by atoms with E-state index in [4.69, 9.17) is 0 Å². The molecule has 2 aromatic heterocycles. The number of likely N-dealkylation sites (tertiary alicyclic amines) is 1. The molecule has 1 amide bonds. The van der Waals surface area contributed by atoms with Crippen molar-refractivity contribution in [3.63, 3.8) is 0 Å². The van der Waals surface area contributed by atoms with Gasteiger partial charge in [-0.25, -0.2) is 9.67 Å². The maximum Gasteiger partial charge on any atom is 0.254 e. The molecule has 0 aliphatic carbocycles. The van der Waals surface area contributed by atoms with Gasteiger partial charge in [-0.2, -0.15) is 5.10 Å². The summed E-state index contributed by atoms with van der Waals surface area (Å²) in [5.41, 5.74) is 2.39. The van der Waals surface area contributed by atoms with Crippen molar-refractivity contribution in [3.05, 3.63) is 23.5 Å². The summed E-state index contributed by atoms with van der Waals surface area (Å²) < 4.78 is 1.94. The standard InChI is InChI=1S/C19H29N5O/c1-6-14(3)24-18-17(12-20-24)16(11-13(2)21-18)19(25)23(5)15-7-9-22(4)10-8-15/h11-12,14-15H,6-10H2,1-5H3/t14-/m1/s1. The van der Waals surface area contributed by atoms with E-state index in [-0.39, 0.29) is 11.9 Å². The Bertz CT molecular complexity index is 761. The second-order valence-corrected chi connectivity index (χ2v) is 7.35. The summed E-state index contributed by atoms with van der Waals surface area (Å²) in [6.07, 6.45) is 4.82. The molecule has 1 fully saturated rings. The number of hydrogen-bond donors (Lipinski definition) is 0. The monoisotopic (exact) mass is 343 g/mol. The van der Waals surface area contributed by atoms with Crippen LogP contribution in [-0.4, -0.2) is 63.7 Å². The second-order valence-electron chi connectivity index (χ2n) is 7.35. The minimum Gasteiger partial charge on any atom is -0.339 e. The zero-order valence-electron chi connectivity index (χ0n) is 16.0. The van der Waals surface area contributed by atoms with Crippen LogP contribution in [-0.2, 0) is 0 Å². The Hall–Kier alpha value is -1.95. The molecule has 136 valence electrons. The summed E-state index contributed by atoms with van der Waals surface area (Å²) in [5.74, 6) is 0.0776. The number of amides is 1. The molecule has 0 saturated carbocycles. The van der Waals surface area contributed by atoms with Gasteiger partial charge in [0.05, 0.1) is 23.2 Å². The van der Waals surface area contributed by atoms with Crippen LogP contribution in [0.4, 0.5) is 0 Å². The first-order valence-electron chi connectivity index (χ1n) is 9.23. The number of fused-ring (bicyclic) bond motifs is 1. The van der Waals surface area contributed by atoms with Gasteiger partial charge in [-0.05, 0) is 59.3 Å². The van der Waals surface area contributed by atoms with E-state index in [1.165, 1.54) is 0 Å². The normalized spacial score (nSPS) is 17.8. The van der Waals surface area contributed by atoms with Crippen LogP contribution in [0.1, 0.15) is 55.2 Å². The molecule has 1 atom stereocenters. The van der Waals surface area contributed by atoms with Crippen molar-refractivity contribution in [2.75, 3.05) is 27.2 Å². The lowest BCUT2D eigenvalue weighted by atomic mass is 10.0. The van der Waals surface area contributed by atoms with Crippen molar-refractivity contribution in [3.8, 4) is 0 Å². The van der Waals surface area contributed by atoms with Gasteiger partial charge in [-0.3, -0.25) is 4.79 Å². The molecule has 0 radical (unpaired) electrons. The lowest BCUT2D eigenvalue weighted by Gasteiger charge is -2.35. The average Bonchev–Trinajstić information content (AvgIpc) is 3.03. The molecule has 3 heterocycles. The smallest absolute Gasteiger partial charge is 0.254 e. The largest absolute Gasteiger partial charge is 0.339 e. The number of piperidine rings is 1. The zero-order valence-corrected chi connectivity index (χ0v) is 16.0. The van der Waals surface area contributed by atoms with E-state index < -0.39 is 0 Å². The highest BCUT2D eigenvalue weighted by Crippen LogP contribution is 2.25. The molecule has 6 heteroatoms. The lowest BCUT2D eigenvalue weighted by Crippen LogP contribution is -2.44. The van der Waals surface area contributed by atoms with E-state index in [9.17, 15) is 4.79 Å². The number of pyridine rings is 1. The van der Waals surface area contributed by atoms with Crippen molar-refractivity contribution in [2.24, 2.45) is 0 Å². The maximum atomic E-state index is 13.2. The predicted octanol–water partition coefficient (Wildman–Crippen LogP) is 2.88. The van der Waals surface area contributed by atoms with Crippen LogP contribution < -0.4 is 0 Å². The quantitative estimate of drug-likeness (QED) is 0.856. The molecule has 0 spiro atoms. The Labute approximate surface area is 149 Å². The van der Waals surface area contributed by atoms with Crippen LogP contribution in [0.2, 0.25) is 0 Å². The Morgan fingerprint density at radius 2 is 2.08 bits per heavy atom. The van der Waals surface area contributed by atoms with Gasteiger partial charge >= 0.3 is 0 Å². The first kappa shape index (κ1) is 17.9. The Morgan fingerprint density at radius 1 is 1.40 bits per heavy atom. The fourth-order valence-electron chi connectivity index (χ4n) is 3.55. The average molecular weight is 343 g/mol. The molecule has 2 aromatic rings. The van der Waals surface area contributed by atoms with Crippen LogP contribution >= 0.6 is 0 Å². The minimum atomic E-state index is 0.0776. The summed E-state index contributed by atoms with van der Waals surface area (Å²) in [6.45, 7) is 8.29. The van der Waals surface area contributed by atoms with Gasteiger partial charge in [0.15, 0.2) is 5.65 Å². The van der Waals surface area contributed by atoms with Gasteiger partial charge in [-0.15, -0.1) is 0 Å². The van der Waals surface area contributed by atoms with E-state index >= 15 is 0 Å². The van der Waals surface area contributed by atoms with Gasteiger partial charge in [0.1, 0.15) is 0 Å². The molecule has 1 aliphatic heterocycles. The molecule has 6 nitrogen and oxygen atoms in total. The van der Waals surface area contributed by atoms with Crippen molar-refractivity contribution < 1.29 is 4.79 Å². The summed E-state index contributed by atoms with van der Waals surface area (Å²) in [4.78, 5) is 22.1. The fraction of sp³-hybridized carbons (Fsp3) is 0.632. The first-order valence-corrected chi connectivity index (χ1v) is 9.23. The number of nitrogens with zero attached hydrogens (tertiary/aromatic N) is 5. The number of hydrogen-bond acceptors (Lipinski definition) is 4. The van der Waals surface area contributed by atoms with Gasteiger partial charge in [-0.1, -0.05) is 6.92 Å². The highest BCUT2D eigenvalue weighted by atomic mass is 16.2. The zero-order chi connectivity index (χ0) is 18.1. The Kier molecular flexibility index (Phi) is 5.08. The van der Waals surface area contributed by atoms with Crippen molar-refractivity contribution >= 4 is 16.9 Å². The molecule has 25 heavy (non-hydrogen) atoms. The van der Waals surface area contributed by atoms with Gasteiger partial charge in [0, 0.05) is 18.8 Å². The van der Waals surface area contributed by atoms with E-state index in [1.807, 2.05) is 29.6 Å². The highest BCUT2D eigenvalue weighted by Gasteiger charge is 2.27. The van der Waals surface area contributed by atoms with Crippen molar-refractivity contribution in [2.45, 2.75) is 52.1 Å². The van der Waals surface area contributed by atoms with Crippen LogP contribution in [0, 0.1) is 6.92 Å². The molecule has 3 rings (SSSR count). The SMILES string of the molecule is CC[C@@H](C)n1ncc2c(C(=O)N(C)C3CCN(C)CC3)cc(C)nc21. The maximum absolute atomic E-state index is 13.2. The number of aryl methyl sites for hydroxylation is 1. The van der Waals surface area contributed by atoms with E-state index in [0.717, 1.165) is 54.6 Å². The molecule has 0 unspecified atom stereocenters. The van der Waals surface area contributed by atoms with Crippen LogP contribution in [0.25, 0.3) is 11.0 Å². The minimum absolute atomic E-state index is 0.0776. The Morgan fingerprint density at radius 3 is 2.72 bits per heavy atom. The van der Waals surface area contributed by atoms with Crippen molar-refractivity contribution in [1.29, 1.82) is 0 Å². The number of aromatic nitrogens is 3. The summed E-state index contributed by atoms with van der Waals surface area (Å²) in [5, 5.41) is 5.37. The van der Waals surface area contributed by atoms with Crippen molar-refractivity contribution in [1.82, 2.24) is 24.6 Å². The van der Waals surface area contributed by atoms with Crippen LogP contribution in [0.5, 0.6) is 0 Å². The summed E-state index contributed by atoms with van der Waals surface area (Å²) >= 11 is 0. The molecular weight excluding hydrogens is 314 g/mol. The van der Waals surface area contributed by atoms with Gasteiger partial charge < -0.3 is 9.80 Å². The molecular formula is C19H29N5O. The third-order valence-electron chi connectivity index (χ3n) is 5.49.